The fraction of sp³-hybridized carbons (Fsp3) is 1.00. The molecule has 0 saturated carbocycles. The van der Waals surface area contributed by atoms with Crippen molar-refractivity contribution < 1.29 is 13.5 Å². The maximum Gasteiger partial charge on any atom is 0.214 e. The van der Waals surface area contributed by atoms with Gasteiger partial charge in [0.2, 0.25) is 10.0 Å². The molecule has 0 amide bonds. The molecular weight excluding hydrogens is 240 g/mol. The Kier molecular flexibility index (Phi) is 5.85. The maximum absolute atomic E-state index is 12.0. The normalized spacial score (nSPS) is 20.0. The molecule has 0 aromatic heterocycles. The van der Waals surface area contributed by atoms with E-state index in [0.29, 0.717) is 32.0 Å². The molecule has 1 fully saturated rings. The molecule has 102 valence electrons. The summed E-state index contributed by atoms with van der Waals surface area (Å²) in [5.41, 5.74) is 0. The van der Waals surface area contributed by atoms with Crippen molar-refractivity contribution in [2.45, 2.75) is 32.7 Å². The highest BCUT2D eigenvalue weighted by atomic mass is 32.2. The standard InChI is InChI=1S/C11H24N2O3S/c1-11(2)12-5-7-13(8-6-12)17(15,16)10-4-3-9-14/h11,14H,3-10H2,1-2H3. The first-order chi connectivity index (χ1) is 7.97. The summed E-state index contributed by atoms with van der Waals surface area (Å²) in [7, 11) is -3.11. The zero-order valence-electron chi connectivity index (χ0n) is 10.8. The van der Waals surface area contributed by atoms with Crippen LogP contribution in [0.15, 0.2) is 0 Å². The van der Waals surface area contributed by atoms with Crippen molar-refractivity contribution in [3.05, 3.63) is 0 Å². The van der Waals surface area contributed by atoms with Crippen LogP contribution in [0.3, 0.4) is 0 Å². The predicted octanol–water partition coefficient (Wildman–Crippen LogP) is 0.115. The lowest BCUT2D eigenvalue weighted by Gasteiger charge is -2.36. The average molecular weight is 264 g/mol. The number of unbranched alkanes of at least 4 members (excludes halogenated alkanes) is 1. The van der Waals surface area contributed by atoms with Gasteiger partial charge in [-0.05, 0) is 26.7 Å². The van der Waals surface area contributed by atoms with E-state index in [1.54, 1.807) is 4.31 Å². The van der Waals surface area contributed by atoms with Gasteiger partial charge in [-0.15, -0.1) is 0 Å². The highest BCUT2D eigenvalue weighted by Crippen LogP contribution is 2.11. The summed E-state index contributed by atoms with van der Waals surface area (Å²) in [6, 6.07) is 0.481. The second-order valence-electron chi connectivity index (χ2n) is 4.78. The van der Waals surface area contributed by atoms with Gasteiger partial charge in [-0.1, -0.05) is 0 Å². The molecule has 0 bridgehead atoms. The number of piperazine rings is 1. The largest absolute Gasteiger partial charge is 0.396 e. The molecule has 0 unspecified atom stereocenters. The Bertz CT molecular complexity index is 309. The van der Waals surface area contributed by atoms with Gasteiger partial charge in [0.15, 0.2) is 0 Å². The van der Waals surface area contributed by atoms with Gasteiger partial charge in [0.1, 0.15) is 0 Å². The highest BCUT2D eigenvalue weighted by molar-refractivity contribution is 7.89. The fourth-order valence-corrected chi connectivity index (χ4v) is 3.57. The molecule has 1 saturated heterocycles. The molecule has 1 aliphatic heterocycles. The minimum absolute atomic E-state index is 0.0661. The molecule has 0 spiro atoms. The van der Waals surface area contributed by atoms with E-state index in [1.165, 1.54) is 0 Å². The average Bonchev–Trinajstić information content (AvgIpc) is 2.29. The molecule has 1 aliphatic rings. The van der Waals surface area contributed by atoms with Gasteiger partial charge < -0.3 is 5.11 Å². The Morgan fingerprint density at radius 2 is 1.71 bits per heavy atom. The minimum Gasteiger partial charge on any atom is -0.396 e. The van der Waals surface area contributed by atoms with Crippen molar-refractivity contribution >= 4 is 10.0 Å². The molecule has 0 aliphatic carbocycles. The van der Waals surface area contributed by atoms with Gasteiger partial charge in [0, 0.05) is 38.8 Å². The van der Waals surface area contributed by atoms with E-state index in [4.69, 9.17) is 5.11 Å². The van der Waals surface area contributed by atoms with Gasteiger partial charge in [0.05, 0.1) is 5.75 Å². The Labute approximate surface area is 104 Å². The third-order valence-corrected chi connectivity index (χ3v) is 5.16. The fourth-order valence-electron chi connectivity index (χ4n) is 2.02. The third-order valence-electron chi connectivity index (χ3n) is 3.21. The molecule has 1 heterocycles. The van der Waals surface area contributed by atoms with Crippen LogP contribution in [-0.4, -0.2) is 67.3 Å². The van der Waals surface area contributed by atoms with E-state index in [9.17, 15) is 8.42 Å². The predicted molar refractivity (Wildman–Crippen MR) is 68.4 cm³/mol. The third kappa shape index (κ3) is 4.54. The first kappa shape index (κ1) is 14.9. The number of rotatable bonds is 6. The first-order valence-electron chi connectivity index (χ1n) is 6.30. The quantitative estimate of drug-likeness (QED) is 0.692. The van der Waals surface area contributed by atoms with Gasteiger partial charge in [-0.3, -0.25) is 4.90 Å². The molecule has 0 aromatic rings. The topological polar surface area (TPSA) is 60.9 Å². The lowest BCUT2D eigenvalue weighted by Crippen LogP contribution is -2.51. The van der Waals surface area contributed by atoms with Gasteiger partial charge in [0.25, 0.3) is 0 Å². The molecule has 1 rings (SSSR count). The van der Waals surface area contributed by atoms with Gasteiger partial charge in [-0.2, -0.15) is 4.31 Å². The molecule has 5 nitrogen and oxygen atoms in total. The van der Waals surface area contributed by atoms with Crippen LogP contribution in [-0.2, 0) is 10.0 Å². The summed E-state index contributed by atoms with van der Waals surface area (Å²) in [6.07, 6.45) is 1.11. The smallest absolute Gasteiger partial charge is 0.214 e. The Morgan fingerprint density at radius 3 is 2.18 bits per heavy atom. The maximum atomic E-state index is 12.0. The number of aliphatic hydroxyl groups excluding tert-OH is 1. The van der Waals surface area contributed by atoms with Crippen molar-refractivity contribution in [3.63, 3.8) is 0 Å². The zero-order chi connectivity index (χ0) is 12.9. The van der Waals surface area contributed by atoms with Crippen LogP contribution >= 0.6 is 0 Å². The summed E-state index contributed by atoms with van der Waals surface area (Å²) in [4.78, 5) is 2.29. The second-order valence-corrected chi connectivity index (χ2v) is 6.86. The molecule has 0 atom stereocenters. The van der Waals surface area contributed by atoms with Crippen LogP contribution in [0, 0.1) is 0 Å². The molecular formula is C11H24N2O3S. The lowest BCUT2D eigenvalue weighted by atomic mass is 10.3. The molecule has 6 heteroatoms. The van der Waals surface area contributed by atoms with Crippen LogP contribution in [0.1, 0.15) is 26.7 Å². The highest BCUT2D eigenvalue weighted by Gasteiger charge is 2.26. The molecule has 0 aromatic carbocycles. The van der Waals surface area contributed by atoms with E-state index in [0.717, 1.165) is 13.1 Å². The number of hydrogen-bond acceptors (Lipinski definition) is 4. The van der Waals surface area contributed by atoms with Crippen molar-refractivity contribution in [1.82, 2.24) is 9.21 Å². The summed E-state index contributed by atoms with van der Waals surface area (Å²) < 4.78 is 25.5. The number of sulfonamides is 1. The Hall–Kier alpha value is -0.170. The second kappa shape index (κ2) is 6.68. The number of aliphatic hydroxyl groups is 1. The van der Waals surface area contributed by atoms with E-state index in [2.05, 4.69) is 18.7 Å². The molecule has 0 radical (unpaired) electrons. The van der Waals surface area contributed by atoms with E-state index < -0.39 is 10.0 Å². The lowest BCUT2D eigenvalue weighted by molar-refractivity contribution is 0.154. The van der Waals surface area contributed by atoms with Crippen LogP contribution in [0.5, 0.6) is 0 Å². The summed E-state index contributed by atoms with van der Waals surface area (Å²) >= 11 is 0. The number of hydrogen-bond donors (Lipinski definition) is 1. The van der Waals surface area contributed by atoms with Crippen LogP contribution in [0.2, 0.25) is 0 Å². The van der Waals surface area contributed by atoms with Crippen molar-refractivity contribution in [2.24, 2.45) is 0 Å². The summed E-state index contributed by atoms with van der Waals surface area (Å²) in [5.74, 6) is 0.162. The molecule has 17 heavy (non-hydrogen) atoms. The minimum atomic E-state index is -3.11. The SMILES string of the molecule is CC(C)N1CCN(S(=O)(=O)CCCCO)CC1. The zero-order valence-corrected chi connectivity index (χ0v) is 11.6. The summed E-state index contributed by atoms with van der Waals surface area (Å²) in [5, 5.41) is 8.65. The Morgan fingerprint density at radius 1 is 1.12 bits per heavy atom. The number of nitrogens with zero attached hydrogens (tertiary/aromatic N) is 2. The van der Waals surface area contributed by atoms with E-state index in [-0.39, 0.29) is 12.4 Å². The van der Waals surface area contributed by atoms with E-state index in [1.807, 2.05) is 0 Å². The van der Waals surface area contributed by atoms with Crippen LogP contribution in [0.4, 0.5) is 0 Å². The van der Waals surface area contributed by atoms with Gasteiger partial charge in [-0.25, -0.2) is 8.42 Å². The van der Waals surface area contributed by atoms with Gasteiger partial charge >= 0.3 is 0 Å². The monoisotopic (exact) mass is 264 g/mol. The van der Waals surface area contributed by atoms with Crippen LogP contribution < -0.4 is 0 Å². The van der Waals surface area contributed by atoms with Crippen molar-refractivity contribution in [1.29, 1.82) is 0 Å². The summed E-state index contributed by atoms with van der Waals surface area (Å²) in [6.45, 7) is 7.15. The first-order valence-corrected chi connectivity index (χ1v) is 7.91. The van der Waals surface area contributed by atoms with Crippen LogP contribution in [0.25, 0.3) is 0 Å². The molecule has 1 N–H and O–H groups in total. The van der Waals surface area contributed by atoms with Crippen molar-refractivity contribution in [3.8, 4) is 0 Å². The van der Waals surface area contributed by atoms with E-state index >= 15 is 0 Å². The Balaban J connectivity index is 2.41. The van der Waals surface area contributed by atoms with Crippen molar-refractivity contribution in [2.75, 3.05) is 38.5 Å².